The van der Waals surface area contributed by atoms with Gasteiger partial charge in [-0.15, -0.1) is 0 Å². The van der Waals surface area contributed by atoms with Gasteiger partial charge >= 0.3 is 0 Å². The summed E-state index contributed by atoms with van der Waals surface area (Å²) in [6.45, 7) is 4.01. The van der Waals surface area contributed by atoms with Gasteiger partial charge in [0, 0.05) is 43.0 Å². The van der Waals surface area contributed by atoms with E-state index in [0.717, 1.165) is 11.8 Å². The Morgan fingerprint density at radius 3 is 2.36 bits per heavy atom. The molecule has 0 unspecified atom stereocenters. The number of amides is 2. The molecule has 11 heteroatoms. The van der Waals surface area contributed by atoms with E-state index >= 15 is 0 Å². The number of benzene rings is 2. The minimum absolute atomic E-state index is 0.165. The van der Waals surface area contributed by atoms with Crippen LogP contribution >= 0.6 is 11.6 Å². The predicted molar refractivity (Wildman–Crippen MR) is 123 cm³/mol. The van der Waals surface area contributed by atoms with Crippen LogP contribution in [0.4, 0.5) is 11.4 Å². The van der Waals surface area contributed by atoms with Gasteiger partial charge in [-0.25, -0.2) is 0 Å². The molecule has 0 atom stereocenters. The Morgan fingerprint density at radius 2 is 1.79 bits per heavy atom. The van der Waals surface area contributed by atoms with E-state index in [1.165, 1.54) is 13.2 Å². The van der Waals surface area contributed by atoms with Crippen LogP contribution in [0.25, 0.3) is 0 Å². The van der Waals surface area contributed by atoms with Crippen molar-refractivity contribution in [2.75, 3.05) is 51.3 Å². The predicted octanol–water partition coefficient (Wildman–Crippen LogP) is 2.73. The first kappa shape index (κ1) is 24.1. The number of methoxy groups -OCH3 is 1. The van der Waals surface area contributed by atoms with E-state index in [4.69, 9.17) is 21.1 Å². The fourth-order valence-electron chi connectivity index (χ4n) is 3.54. The third-order valence-corrected chi connectivity index (χ3v) is 5.50. The Morgan fingerprint density at radius 1 is 1.12 bits per heavy atom. The molecule has 176 valence electrons. The number of nitrogens with zero attached hydrogens (tertiary/aromatic N) is 3. The Balaban J connectivity index is 1.61. The quantitative estimate of drug-likeness (QED) is 0.460. The van der Waals surface area contributed by atoms with Crippen molar-refractivity contribution in [1.29, 1.82) is 0 Å². The third kappa shape index (κ3) is 5.83. The van der Waals surface area contributed by atoms with Gasteiger partial charge in [-0.1, -0.05) is 11.6 Å². The minimum atomic E-state index is -0.740. The Bertz CT molecular complexity index is 1020. The van der Waals surface area contributed by atoms with E-state index in [-0.39, 0.29) is 36.1 Å². The van der Waals surface area contributed by atoms with Crippen LogP contribution in [-0.4, -0.2) is 68.1 Å². The maximum atomic E-state index is 12.7. The van der Waals surface area contributed by atoms with Crippen LogP contribution in [0.3, 0.4) is 0 Å². The third-order valence-electron chi connectivity index (χ3n) is 5.25. The molecule has 1 heterocycles. The van der Waals surface area contributed by atoms with E-state index in [9.17, 15) is 19.7 Å². The van der Waals surface area contributed by atoms with Crippen molar-refractivity contribution in [2.24, 2.45) is 0 Å². The van der Waals surface area contributed by atoms with Crippen LogP contribution < -0.4 is 19.7 Å². The van der Waals surface area contributed by atoms with E-state index in [1.54, 1.807) is 11.8 Å². The minimum Gasteiger partial charge on any atom is -0.493 e. The summed E-state index contributed by atoms with van der Waals surface area (Å²) in [5, 5.41) is 14.6. The highest BCUT2D eigenvalue weighted by molar-refractivity contribution is 6.30. The van der Waals surface area contributed by atoms with Crippen molar-refractivity contribution in [1.82, 2.24) is 10.2 Å². The van der Waals surface area contributed by atoms with Gasteiger partial charge in [0.1, 0.15) is 5.56 Å². The first-order chi connectivity index (χ1) is 15.8. The average Bonchev–Trinajstić information content (AvgIpc) is 2.82. The smallest absolute Gasteiger partial charge is 0.286 e. The Labute approximate surface area is 196 Å². The van der Waals surface area contributed by atoms with Crippen LogP contribution in [0, 0.1) is 10.1 Å². The molecule has 2 aromatic rings. The van der Waals surface area contributed by atoms with Gasteiger partial charge in [0.05, 0.1) is 31.3 Å². The molecule has 0 spiro atoms. The molecule has 0 aromatic heterocycles. The molecule has 0 saturated carbocycles. The molecule has 1 aliphatic rings. The summed E-state index contributed by atoms with van der Waals surface area (Å²) in [6, 6.07) is 9.89. The number of nitro benzene ring substituents is 1. The second kappa shape index (κ2) is 10.9. The number of piperazine rings is 1. The van der Waals surface area contributed by atoms with Gasteiger partial charge in [-0.05, 0) is 31.2 Å². The lowest BCUT2D eigenvalue weighted by atomic mass is 10.1. The number of carbonyl (C=O) groups excluding carboxylic acids is 2. The summed E-state index contributed by atoms with van der Waals surface area (Å²) in [4.78, 5) is 39.9. The molecular formula is C22H25ClN4O6. The molecule has 2 amide bonds. The van der Waals surface area contributed by atoms with E-state index < -0.39 is 16.5 Å². The van der Waals surface area contributed by atoms with E-state index in [2.05, 4.69) is 10.2 Å². The van der Waals surface area contributed by atoms with Crippen LogP contribution in [0.1, 0.15) is 17.3 Å². The van der Waals surface area contributed by atoms with Crippen molar-refractivity contribution in [3.63, 3.8) is 0 Å². The van der Waals surface area contributed by atoms with Crippen molar-refractivity contribution in [3.8, 4) is 11.5 Å². The summed E-state index contributed by atoms with van der Waals surface area (Å²) in [7, 11) is 1.37. The maximum absolute atomic E-state index is 12.7. The van der Waals surface area contributed by atoms with Gasteiger partial charge in [0.2, 0.25) is 5.91 Å². The van der Waals surface area contributed by atoms with E-state index in [0.29, 0.717) is 31.2 Å². The number of nitrogens with one attached hydrogen (secondary N) is 1. The van der Waals surface area contributed by atoms with Crippen LogP contribution in [-0.2, 0) is 4.79 Å². The van der Waals surface area contributed by atoms with Crippen molar-refractivity contribution in [2.45, 2.75) is 6.92 Å². The van der Waals surface area contributed by atoms with Gasteiger partial charge in [0.25, 0.3) is 11.6 Å². The largest absolute Gasteiger partial charge is 0.493 e. The van der Waals surface area contributed by atoms with Crippen molar-refractivity contribution >= 4 is 34.8 Å². The van der Waals surface area contributed by atoms with Crippen molar-refractivity contribution in [3.05, 3.63) is 57.1 Å². The summed E-state index contributed by atoms with van der Waals surface area (Å²) >= 11 is 5.93. The standard InChI is InChI=1S/C22H25ClN4O6/c1-3-33-20-13-18(27(30)31)17(12-19(20)32-2)22(29)24-14-21(28)26-10-8-25(9-11-26)16-6-4-15(23)5-7-16/h4-7,12-13H,3,8-11,14H2,1-2H3,(H,24,29). The maximum Gasteiger partial charge on any atom is 0.286 e. The number of halogens is 1. The zero-order chi connectivity index (χ0) is 24.0. The van der Waals surface area contributed by atoms with E-state index in [1.807, 2.05) is 24.3 Å². The topological polar surface area (TPSA) is 114 Å². The summed E-state index contributed by atoms with van der Waals surface area (Å²) in [5.41, 5.74) is 0.387. The lowest BCUT2D eigenvalue weighted by Gasteiger charge is -2.36. The molecule has 10 nitrogen and oxygen atoms in total. The fourth-order valence-corrected chi connectivity index (χ4v) is 3.66. The highest BCUT2D eigenvalue weighted by Gasteiger charge is 2.26. The monoisotopic (exact) mass is 476 g/mol. The molecule has 0 aliphatic carbocycles. The number of hydrogen-bond donors (Lipinski definition) is 1. The van der Waals surface area contributed by atoms with Gasteiger partial charge < -0.3 is 24.6 Å². The molecule has 2 aromatic carbocycles. The highest BCUT2D eigenvalue weighted by atomic mass is 35.5. The first-order valence-electron chi connectivity index (χ1n) is 10.4. The second-order valence-corrected chi connectivity index (χ2v) is 7.67. The number of nitro groups is 1. The number of anilines is 1. The summed E-state index contributed by atoms with van der Waals surface area (Å²) in [6.07, 6.45) is 0. The molecule has 3 rings (SSSR count). The molecule has 0 radical (unpaired) electrons. The zero-order valence-corrected chi connectivity index (χ0v) is 19.1. The highest BCUT2D eigenvalue weighted by Crippen LogP contribution is 2.34. The molecule has 0 bridgehead atoms. The van der Waals surface area contributed by atoms with Crippen molar-refractivity contribution < 1.29 is 24.0 Å². The molecule has 1 N–H and O–H groups in total. The summed E-state index contributed by atoms with van der Waals surface area (Å²) < 4.78 is 10.5. The van der Waals surface area contributed by atoms with Gasteiger partial charge in [-0.2, -0.15) is 0 Å². The van der Waals surface area contributed by atoms with Gasteiger partial charge in [0.15, 0.2) is 11.5 Å². The van der Waals surface area contributed by atoms with Crippen LogP contribution in [0.15, 0.2) is 36.4 Å². The number of hydrogen-bond acceptors (Lipinski definition) is 7. The molecular weight excluding hydrogens is 452 g/mol. The van der Waals surface area contributed by atoms with Gasteiger partial charge in [-0.3, -0.25) is 19.7 Å². The van der Waals surface area contributed by atoms with Crippen LogP contribution in [0.5, 0.6) is 11.5 Å². The molecule has 1 fully saturated rings. The second-order valence-electron chi connectivity index (χ2n) is 7.24. The first-order valence-corrected chi connectivity index (χ1v) is 10.8. The SMILES string of the molecule is CCOc1cc([N+](=O)[O-])c(C(=O)NCC(=O)N2CCN(c3ccc(Cl)cc3)CC2)cc1OC. The molecule has 33 heavy (non-hydrogen) atoms. The summed E-state index contributed by atoms with van der Waals surface area (Å²) in [5.74, 6) is -0.647. The fraction of sp³-hybridized carbons (Fsp3) is 0.364. The number of carbonyl (C=O) groups is 2. The average molecular weight is 477 g/mol. The molecule has 1 saturated heterocycles. The lowest BCUT2D eigenvalue weighted by molar-refractivity contribution is -0.385. The van der Waals surface area contributed by atoms with Crippen LogP contribution in [0.2, 0.25) is 5.02 Å². The Hall–Kier alpha value is -3.53. The normalized spacial score (nSPS) is 13.4. The molecule has 1 aliphatic heterocycles. The Kier molecular flexibility index (Phi) is 7.94. The number of rotatable bonds is 8. The number of ether oxygens (including phenoxy) is 2. The zero-order valence-electron chi connectivity index (χ0n) is 18.4. The lowest BCUT2D eigenvalue weighted by Crippen LogP contribution is -2.51.